The zero-order valence-corrected chi connectivity index (χ0v) is 16.0. The lowest BCUT2D eigenvalue weighted by atomic mass is 9.87. The van der Waals surface area contributed by atoms with E-state index in [4.69, 9.17) is 0 Å². The first kappa shape index (κ1) is 18.8. The monoisotopic (exact) mass is 388 g/mol. The Morgan fingerprint density at radius 3 is 2.29 bits per heavy atom. The maximum absolute atomic E-state index is 14.2. The first-order valence-corrected chi connectivity index (χ1v) is 9.53. The van der Waals surface area contributed by atoms with Crippen LogP contribution in [0.3, 0.4) is 0 Å². The zero-order chi connectivity index (χ0) is 20.1. The van der Waals surface area contributed by atoms with Crippen LogP contribution >= 0.6 is 0 Å². The van der Waals surface area contributed by atoms with E-state index in [1.54, 1.807) is 17.0 Å². The number of nitrogens with zero attached hydrogens (tertiary/aromatic N) is 2. The number of carbonyl (C=O) groups excluding carboxylic acids is 1. The van der Waals surface area contributed by atoms with Crippen LogP contribution in [0, 0.1) is 17.5 Å². The predicted octanol–water partition coefficient (Wildman–Crippen LogP) is 4.77. The van der Waals surface area contributed by atoms with E-state index in [0.29, 0.717) is 19.5 Å². The van der Waals surface area contributed by atoms with Crippen molar-refractivity contribution in [3.63, 3.8) is 0 Å². The molecule has 1 spiro atoms. The van der Waals surface area contributed by atoms with Crippen LogP contribution in [-0.4, -0.2) is 35.0 Å². The lowest BCUT2D eigenvalue weighted by Gasteiger charge is -2.35. The molecule has 0 bridgehead atoms. The van der Waals surface area contributed by atoms with Gasteiger partial charge in [-0.25, -0.2) is 13.2 Å². The van der Waals surface area contributed by atoms with Crippen molar-refractivity contribution in [2.75, 3.05) is 18.0 Å². The molecule has 2 aromatic rings. The Morgan fingerprint density at radius 2 is 1.64 bits per heavy atom. The molecule has 0 N–H and O–H groups in total. The summed E-state index contributed by atoms with van der Waals surface area (Å²) >= 11 is 0. The molecule has 28 heavy (non-hydrogen) atoms. The van der Waals surface area contributed by atoms with Crippen LogP contribution in [0.25, 0.3) is 0 Å². The lowest BCUT2D eigenvalue weighted by Crippen LogP contribution is -2.49. The van der Waals surface area contributed by atoms with Gasteiger partial charge in [0.2, 0.25) is 0 Å². The van der Waals surface area contributed by atoms with Gasteiger partial charge in [-0.05, 0) is 69.5 Å². The van der Waals surface area contributed by atoms with Crippen molar-refractivity contribution >= 4 is 11.6 Å². The van der Waals surface area contributed by atoms with Crippen molar-refractivity contribution in [2.24, 2.45) is 0 Å². The Morgan fingerprint density at radius 1 is 1.00 bits per heavy atom. The number of halogens is 3. The second kappa shape index (κ2) is 6.54. The molecule has 4 rings (SSSR count). The molecule has 148 valence electrons. The van der Waals surface area contributed by atoms with Gasteiger partial charge < -0.3 is 9.80 Å². The van der Waals surface area contributed by atoms with Crippen molar-refractivity contribution < 1.29 is 18.0 Å². The number of anilines is 1. The summed E-state index contributed by atoms with van der Waals surface area (Å²) in [5.74, 6) is -2.56. The second-order valence-electron chi connectivity index (χ2n) is 8.43. The van der Waals surface area contributed by atoms with Gasteiger partial charge in [0.15, 0.2) is 0 Å². The maximum Gasteiger partial charge on any atom is 0.260 e. The summed E-state index contributed by atoms with van der Waals surface area (Å²) in [6, 6.07) is 9.79. The van der Waals surface area contributed by atoms with E-state index >= 15 is 0 Å². The number of likely N-dealkylation sites (tertiary alicyclic amines) is 1. The van der Waals surface area contributed by atoms with E-state index in [9.17, 15) is 18.0 Å². The van der Waals surface area contributed by atoms with Gasteiger partial charge in [-0.2, -0.15) is 0 Å². The Kier molecular flexibility index (Phi) is 4.40. The average Bonchev–Trinajstić information content (AvgIpc) is 3.15. The first-order chi connectivity index (χ1) is 13.2. The Hall–Kier alpha value is -2.50. The van der Waals surface area contributed by atoms with Crippen LogP contribution in [-0.2, 0) is 0 Å². The van der Waals surface area contributed by atoms with Crippen LogP contribution in [0.4, 0.5) is 18.9 Å². The minimum absolute atomic E-state index is 0.283. The standard InChI is InChI=1S/C22H23F3N2O/c1-21(2)13-22(14-27(21)16-9-7-15(23)8-10-16)11-4-12-26(22)20(28)19-17(24)5-3-6-18(19)25/h3,5-10H,4,11-14H2,1-2H3. The molecule has 2 aromatic carbocycles. The average molecular weight is 388 g/mol. The number of amides is 1. The van der Waals surface area contributed by atoms with Crippen molar-refractivity contribution in [1.29, 1.82) is 0 Å². The third kappa shape index (κ3) is 2.95. The first-order valence-electron chi connectivity index (χ1n) is 9.53. The van der Waals surface area contributed by atoms with Gasteiger partial charge in [-0.15, -0.1) is 0 Å². The number of benzene rings is 2. The highest BCUT2D eigenvalue weighted by molar-refractivity contribution is 5.95. The molecule has 2 aliphatic rings. The molecule has 6 heteroatoms. The smallest absolute Gasteiger partial charge is 0.260 e. The van der Waals surface area contributed by atoms with E-state index in [-0.39, 0.29) is 11.4 Å². The third-order valence-electron chi connectivity index (χ3n) is 6.10. The lowest BCUT2D eigenvalue weighted by molar-refractivity contribution is 0.0607. The van der Waals surface area contributed by atoms with Gasteiger partial charge in [0, 0.05) is 24.3 Å². The van der Waals surface area contributed by atoms with Crippen LogP contribution < -0.4 is 4.90 Å². The van der Waals surface area contributed by atoms with Crippen molar-refractivity contribution in [3.8, 4) is 0 Å². The van der Waals surface area contributed by atoms with Crippen LogP contribution in [0.5, 0.6) is 0 Å². The largest absolute Gasteiger partial charge is 0.364 e. The van der Waals surface area contributed by atoms with Gasteiger partial charge >= 0.3 is 0 Å². The van der Waals surface area contributed by atoms with E-state index in [1.165, 1.54) is 18.2 Å². The molecule has 0 aromatic heterocycles. The third-order valence-corrected chi connectivity index (χ3v) is 6.10. The van der Waals surface area contributed by atoms with Crippen molar-refractivity contribution in [3.05, 3.63) is 65.5 Å². The van der Waals surface area contributed by atoms with Gasteiger partial charge in [0.1, 0.15) is 23.0 Å². The van der Waals surface area contributed by atoms with E-state index in [2.05, 4.69) is 18.7 Å². The van der Waals surface area contributed by atoms with Crippen LogP contribution in [0.1, 0.15) is 43.5 Å². The zero-order valence-electron chi connectivity index (χ0n) is 16.0. The fourth-order valence-corrected chi connectivity index (χ4v) is 4.97. The number of carbonyl (C=O) groups is 1. The minimum atomic E-state index is -0.834. The summed E-state index contributed by atoms with van der Waals surface area (Å²) < 4.78 is 41.8. The van der Waals surface area contributed by atoms with Gasteiger partial charge in [-0.3, -0.25) is 4.79 Å². The fourth-order valence-electron chi connectivity index (χ4n) is 4.97. The van der Waals surface area contributed by atoms with E-state index in [0.717, 1.165) is 30.7 Å². The predicted molar refractivity (Wildman–Crippen MR) is 102 cm³/mol. The molecular weight excluding hydrogens is 365 g/mol. The summed E-state index contributed by atoms with van der Waals surface area (Å²) in [7, 11) is 0. The topological polar surface area (TPSA) is 23.6 Å². The van der Waals surface area contributed by atoms with E-state index < -0.39 is 28.6 Å². The Balaban J connectivity index is 1.69. The van der Waals surface area contributed by atoms with Crippen molar-refractivity contribution in [1.82, 2.24) is 4.90 Å². The molecule has 2 aliphatic heterocycles. The Bertz CT molecular complexity index is 892. The number of rotatable bonds is 2. The highest BCUT2D eigenvalue weighted by Crippen LogP contribution is 2.47. The molecule has 2 heterocycles. The minimum Gasteiger partial charge on any atom is -0.364 e. The molecule has 1 unspecified atom stereocenters. The molecule has 2 fully saturated rings. The molecule has 2 saturated heterocycles. The van der Waals surface area contributed by atoms with Gasteiger partial charge in [-0.1, -0.05) is 6.07 Å². The summed E-state index contributed by atoms with van der Waals surface area (Å²) in [5, 5.41) is 0. The number of hydrogen-bond donors (Lipinski definition) is 0. The molecular formula is C22H23F3N2O. The number of hydrogen-bond acceptors (Lipinski definition) is 2. The summed E-state index contributed by atoms with van der Waals surface area (Å²) in [6.07, 6.45) is 2.24. The molecule has 1 atom stereocenters. The Labute approximate surface area is 162 Å². The van der Waals surface area contributed by atoms with Gasteiger partial charge in [0.05, 0.1) is 5.54 Å². The molecule has 0 radical (unpaired) electrons. The fraction of sp³-hybridized carbons (Fsp3) is 0.409. The summed E-state index contributed by atoms with van der Waals surface area (Å²) in [5.41, 5.74) is -0.389. The molecule has 0 saturated carbocycles. The second-order valence-corrected chi connectivity index (χ2v) is 8.43. The van der Waals surface area contributed by atoms with Crippen LogP contribution in [0.15, 0.2) is 42.5 Å². The SMILES string of the molecule is CC1(C)CC2(CCCN2C(=O)c2c(F)cccc2F)CN1c1ccc(F)cc1. The summed E-state index contributed by atoms with van der Waals surface area (Å²) in [6.45, 7) is 5.18. The normalized spacial score (nSPS) is 23.6. The van der Waals surface area contributed by atoms with Crippen molar-refractivity contribution in [2.45, 2.75) is 44.2 Å². The molecule has 0 aliphatic carbocycles. The summed E-state index contributed by atoms with van der Waals surface area (Å²) in [4.78, 5) is 16.9. The highest BCUT2D eigenvalue weighted by atomic mass is 19.1. The quantitative estimate of drug-likeness (QED) is 0.740. The molecule has 3 nitrogen and oxygen atoms in total. The molecule has 1 amide bonds. The van der Waals surface area contributed by atoms with Gasteiger partial charge in [0.25, 0.3) is 5.91 Å². The maximum atomic E-state index is 14.2. The van der Waals surface area contributed by atoms with E-state index in [1.807, 2.05) is 0 Å². The van der Waals surface area contributed by atoms with Crippen LogP contribution in [0.2, 0.25) is 0 Å². The highest BCUT2D eigenvalue weighted by Gasteiger charge is 2.55.